The van der Waals surface area contributed by atoms with Crippen LogP contribution in [0.3, 0.4) is 0 Å². The average molecular weight is 2050 g/mol. The summed E-state index contributed by atoms with van der Waals surface area (Å²) in [5, 5.41) is 4.71. The highest BCUT2D eigenvalue weighted by Crippen LogP contribution is 2.61. The Labute approximate surface area is 774 Å². The van der Waals surface area contributed by atoms with Crippen molar-refractivity contribution in [1.82, 2.24) is 83.6 Å². The molecular formula is C73H101Cl6F2N20O14PS9. The zero-order valence-corrected chi connectivity index (χ0v) is 83.9. The van der Waals surface area contributed by atoms with Crippen LogP contribution in [0.4, 0.5) is 26.0 Å². The molecule has 0 spiro atoms. The molecule has 0 atom stereocenters. The van der Waals surface area contributed by atoms with Crippen LogP contribution < -0.4 is 57.1 Å². The molecule has 0 unspecified atom stereocenters. The average Bonchev–Trinajstić information content (AvgIpc) is 1.64. The van der Waals surface area contributed by atoms with Crippen LogP contribution >= 0.6 is 130 Å². The number of nitrogens with zero attached hydrogens (tertiary/aromatic N) is 11. The van der Waals surface area contributed by atoms with Crippen molar-refractivity contribution in [2.24, 2.45) is 5.73 Å². The minimum absolute atomic E-state index is 0. The molecule has 0 radical (unpaired) electrons. The zero-order valence-electron chi connectivity index (χ0n) is 71.0. The Morgan fingerprint density at radius 1 is 0.504 bits per heavy atom. The van der Waals surface area contributed by atoms with Gasteiger partial charge in [0.25, 0.3) is 25.7 Å². The first-order valence-electron chi connectivity index (χ1n) is 37.2. The number of nitrogens with two attached hydrogens (primary N) is 2. The Morgan fingerprint density at radius 2 is 0.856 bits per heavy atom. The van der Waals surface area contributed by atoms with Gasteiger partial charge in [0.05, 0.1) is 69.5 Å². The SMILES string of the molecule is CC(C)Oc1cc(F)ccc1N.CN(C)CCCN.Cc1c(S(=O)(=O)Cl)sc2nc[nH]c(=O)c12.Cc1c(S(=O)(=O)NCCCN(C)C)sc2nc[nH]c(=O)c12.Cc1c(S(=O)(=O)NCCCN(C)C)sc2ncnc(Cl)c12.Cc1c(S(=O)(=O)NCCCN(C)C)sc2ncnc(Nc3ccc(F)cc3OC(C)C)c12.Cc1csc2nc[nH]c(=O)c12.Cl.O=P(Cl)(Cl)Cl. The van der Waals surface area contributed by atoms with Gasteiger partial charge in [-0.2, -0.15) is 0 Å². The second-order valence-electron chi connectivity index (χ2n) is 28.2. The summed E-state index contributed by atoms with van der Waals surface area (Å²) >= 11 is 25.5. The van der Waals surface area contributed by atoms with Crippen molar-refractivity contribution in [2.45, 2.75) is 117 Å². The molecule has 0 fully saturated rings. The number of anilines is 3. The number of thiophene rings is 5. The highest BCUT2D eigenvalue weighted by Gasteiger charge is 2.28. The number of aryl methyl sites for hydroxylation is 5. The summed E-state index contributed by atoms with van der Waals surface area (Å²) in [5.41, 5.74) is 14.0. The first kappa shape index (κ1) is 111. The molecule has 12 rings (SSSR count). The number of halogens is 8. The number of ether oxygens (including phenoxy) is 2. The predicted octanol–water partition coefficient (Wildman–Crippen LogP) is 14.1. The quantitative estimate of drug-likeness (QED) is 0.00723. The van der Waals surface area contributed by atoms with Crippen LogP contribution in [0.15, 0.2) is 105 Å². The molecule has 0 amide bonds. The number of hydrogen-bond acceptors (Lipinski definition) is 33. The van der Waals surface area contributed by atoms with E-state index in [0.717, 1.165) is 113 Å². The number of aromatic nitrogens is 10. The predicted molar refractivity (Wildman–Crippen MR) is 509 cm³/mol. The van der Waals surface area contributed by atoms with Crippen LogP contribution in [0.1, 0.15) is 81.2 Å². The summed E-state index contributed by atoms with van der Waals surface area (Å²) in [6.07, 6.45) is 9.77. The Morgan fingerprint density at radius 3 is 1.25 bits per heavy atom. The van der Waals surface area contributed by atoms with E-state index in [9.17, 15) is 61.4 Å². The first-order chi connectivity index (χ1) is 57.8. The van der Waals surface area contributed by atoms with Crippen LogP contribution in [0, 0.1) is 46.3 Å². The van der Waals surface area contributed by atoms with Gasteiger partial charge in [-0.15, -0.1) is 69.1 Å². The van der Waals surface area contributed by atoms with Crippen molar-refractivity contribution >= 4 is 238 Å². The Hall–Kier alpha value is -6.45. The van der Waals surface area contributed by atoms with Gasteiger partial charge in [0, 0.05) is 42.4 Å². The molecular weight excluding hydrogens is 1950 g/mol. The van der Waals surface area contributed by atoms with Crippen molar-refractivity contribution in [3.05, 3.63) is 149 Å². The molecule has 10 heterocycles. The minimum atomic E-state index is -3.81. The van der Waals surface area contributed by atoms with Gasteiger partial charge in [-0.05, 0) is 268 Å². The second-order valence-corrected chi connectivity index (χ2v) is 48.7. The van der Waals surface area contributed by atoms with E-state index in [0.29, 0.717) is 112 Å². The van der Waals surface area contributed by atoms with E-state index in [2.05, 4.69) is 122 Å². The molecule has 52 heteroatoms. The second kappa shape index (κ2) is 51.2. The number of rotatable bonds is 28. The third-order valence-electron chi connectivity index (χ3n) is 16.1. The van der Waals surface area contributed by atoms with Crippen LogP contribution in [0.5, 0.6) is 11.5 Å². The number of hydrogen-bond donors (Lipinski definition) is 9. The van der Waals surface area contributed by atoms with Crippen molar-refractivity contribution in [3.8, 4) is 11.5 Å². The van der Waals surface area contributed by atoms with Crippen LogP contribution in [-0.4, -0.2) is 224 Å². The number of aromatic amines is 3. The van der Waals surface area contributed by atoms with Gasteiger partial charge in [-0.3, -0.25) is 18.9 Å². The summed E-state index contributed by atoms with van der Waals surface area (Å²) in [6, 6.07) is 8.27. The monoisotopic (exact) mass is 2050 g/mol. The Balaban J connectivity index is 0.000000315. The molecule has 2 aromatic carbocycles. The smallest absolute Gasteiger partial charge is 0.339 e. The molecule has 0 aliphatic rings. The number of nitrogen functional groups attached to an aromatic ring is 1. The molecule has 0 aliphatic carbocycles. The van der Waals surface area contributed by atoms with E-state index >= 15 is 0 Å². The normalized spacial score (nSPS) is 11.7. The first-order valence-corrected chi connectivity index (χ1v) is 52.9. The fraction of sp³-hybridized carbons (Fsp3) is 0.425. The van der Waals surface area contributed by atoms with Crippen molar-refractivity contribution in [2.75, 3.05) is 120 Å². The highest BCUT2D eigenvalue weighted by atomic mass is 36.0. The van der Waals surface area contributed by atoms with Crippen LogP contribution in [0.25, 0.3) is 51.1 Å². The van der Waals surface area contributed by atoms with E-state index in [-0.39, 0.29) is 74.5 Å². The van der Waals surface area contributed by atoms with Crippen LogP contribution in [0.2, 0.25) is 5.15 Å². The van der Waals surface area contributed by atoms with Crippen molar-refractivity contribution < 1.29 is 56.5 Å². The summed E-state index contributed by atoms with van der Waals surface area (Å²) in [6.45, 7) is 21.4. The minimum Gasteiger partial charge on any atom is -0.489 e. The standard InChI is InChI=1S/C21H28FN5O3S2.C12H17ClN4O2S2.C12H18N4O3S2.C9H12FNO.C7H5ClN2O3S2.C7H6N2OS.C5H14N2.Cl3OP.ClH/c1-13(2)30-17-11-15(22)7-8-16(17)26-19-18-14(3)21(31-20(18)24-12-23-19)32(28,29)25-9-6-10-27(4)5;1-8-9-10(13)14-7-15-11(9)20-12(8)21(18,19)16-5-4-6-17(2)3;1-8-9-10(17)13-7-14-11(9)20-12(8)21(18,19)15-5-4-6-16(2)3;1-6(2)12-9-5-7(10)3-4-8(9)11;1-3-4-5(11)9-2-10-6(4)14-7(3)15(8,12)13;1-4-2-11-7-5(4)6(10)8-3-9-7;1-7(2)5-3-4-6;1-5(2,3)4;/h7-8,11-13,25H,6,9-10H2,1-5H3,(H,23,24,26);7,16H,4-6H2,1-3H3;7,15H,4-6H2,1-3H3,(H,13,14,17);3-6H,11H2,1-2H3;2H,1H3,(H,9,10,11);2-3H,1H3,(H,8,9,10);3-6H2,1-2H3;;1H. The van der Waals surface area contributed by atoms with E-state index in [1.165, 1.54) is 80.2 Å². The molecule has 692 valence electrons. The largest absolute Gasteiger partial charge is 0.489 e. The molecule has 12 aromatic rings. The number of fused-ring (bicyclic) bond motifs is 5. The molecule has 0 aliphatic heterocycles. The molecule has 0 saturated carbocycles. The maximum absolute atomic E-state index is 13.8. The van der Waals surface area contributed by atoms with Gasteiger partial charge in [0.15, 0.2) is 0 Å². The Kier molecular flexibility index (Phi) is 45.4. The van der Waals surface area contributed by atoms with Gasteiger partial charge < -0.3 is 60.8 Å². The van der Waals surface area contributed by atoms with Crippen molar-refractivity contribution in [1.29, 1.82) is 0 Å². The lowest BCUT2D eigenvalue weighted by molar-refractivity contribution is 0.242. The topological polar surface area (TPSA) is 474 Å². The van der Waals surface area contributed by atoms with Gasteiger partial charge >= 0.3 is 5.20 Å². The van der Waals surface area contributed by atoms with Gasteiger partial charge in [0.2, 0.25) is 30.1 Å². The maximum atomic E-state index is 13.8. The highest BCUT2D eigenvalue weighted by molar-refractivity contribution is 8.24. The lowest BCUT2D eigenvalue weighted by atomic mass is 10.2. The third kappa shape index (κ3) is 35.4. The van der Waals surface area contributed by atoms with Gasteiger partial charge in [-0.1, -0.05) is 11.6 Å². The van der Waals surface area contributed by atoms with Gasteiger partial charge in [-0.25, -0.2) is 91.5 Å². The summed E-state index contributed by atoms with van der Waals surface area (Å²) in [5.74, 6) is 0.428. The van der Waals surface area contributed by atoms with Gasteiger partial charge in [0.1, 0.15) is 87.7 Å². The number of benzene rings is 2. The van der Waals surface area contributed by atoms with E-state index in [4.69, 9.17) is 43.2 Å². The van der Waals surface area contributed by atoms with E-state index in [1.54, 1.807) is 26.8 Å². The fourth-order valence-electron chi connectivity index (χ4n) is 10.6. The number of nitrogens with one attached hydrogen (secondary N) is 7. The summed E-state index contributed by atoms with van der Waals surface area (Å²) in [4.78, 5) is 81.1. The Bertz CT molecular complexity index is 6270. The molecule has 0 bridgehead atoms. The molecule has 125 heavy (non-hydrogen) atoms. The maximum Gasteiger partial charge on any atom is 0.339 e. The number of sulfonamides is 3. The molecule has 0 saturated heterocycles. The lowest BCUT2D eigenvalue weighted by Gasteiger charge is -2.16. The van der Waals surface area contributed by atoms with E-state index < -0.39 is 50.1 Å². The fourth-order valence-corrected chi connectivity index (χ4v) is 22.8. The summed E-state index contributed by atoms with van der Waals surface area (Å²) in [7, 11) is 6.32. The van der Waals surface area contributed by atoms with Crippen molar-refractivity contribution in [3.63, 3.8) is 0 Å². The number of H-pyrrole nitrogens is 3. The molecule has 34 nitrogen and oxygen atoms in total. The molecule has 11 N–H and O–H groups in total. The summed E-state index contributed by atoms with van der Waals surface area (Å²) < 4.78 is 153. The lowest BCUT2D eigenvalue weighted by Crippen LogP contribution is -2.27. The van der Waals surface area contributed by atoms with E-state index in [1.807, 2.05) is 97.0 Å². The molecule has 10 aromatic heterocycles. The third-order valence-corrected chi connectivity index (χ3v) is 30.7. The van der Waals surface area contributed by atoms with Crippen LogP contribution in [-0.2, 0) is 43.7 Å². The zero-order chi connectivity index (χ0) is 93.1.